The number of anilines is 2. The number of carbonyl (C=O) groups excluding carboxylic acids is 2. The molecule has 42 heavy (non-hydrogen) atoms. The number of carbonyl (C=O) groups is 2. The molecule has 0 spiro atoms. The lowest BCUT2D eigenvalue weighted by Gasteiger charge is -2.24. The van der Waals surface area contributed by atoms with E-state index in [1.165, 1.54) is 17.7 Å². The fourth-order valence-electron chi connectivity index (χ4n) is 4.59. The van der Waals surface area contributed by atoms with Gasteiger partial charge in [-0.15, -0.1) is 11.8 Å². The molecule has 10 heteroatoms. The van der Waals surface area contributed by atoms with E-state index in [0.29, 0.717) is 41.6 Å². The zero-order valence-corrected chi connectivity index (χ0v) is 24.7. The number of hydrogen-bond acceptors (Lipinski definition) is 6. The van der Waals surface area contributed by atoms with Gasteiger partial charge in [-0.25, -0.2) is 8.42 Å². The molecule has 1 aliphatic rings. The van der Waals surface area contributed by atoms with E-state index in [-0.39, 0.29) is 22.1 Å². The fraction of sp³-hybridized carbons (Fsp3) is 0.188. The quantitative estimate of drug-likeness (QED) is 0.220. The predicted octanol–water partition coefficient (Wildman–Crippen LogP) is 5.96. The van der Waals surface area contributed by atoms with Gasteiger partial charge in [-0.2, -0.15) is 0 Å². The van der Waals surface area contributed by atoms with E-state index in [0.717, 1.165) is 12.0 Å². The molecule has 2 amide bonds. The molecule has 2 N–H and O–H groups in total. The Bertz CT molecular complexity index is 1630. The Hall–Kier alpha value is -4.28. The van der Waals surface area contributed by atoms with E-state index in [1.807, 2.05) is 42.2 Å². The predicted molar refractivity (Wildman–Crippen MR) is 166 cm³/mol. The summed E-state index contributed by atoms with van der Waals surface area (Å²) in [4.78, 5) is 27.4. The summed E-state index contributed by atoms with van der Waals surface area (Å²) in [5.74, 6) is 0.885. The van der Waals surface area contributed by atoms with Crippen molar-refractivity contribution >= 4 is 45.0 Å². The van der Waals surface area contributed by atoms with Crippen molar-refractivity contribution in [3.8, 4) is 5.75 Å². The highest BCUT2D eigenvalue weighted by Gasteiger charge is 2.32. The van der Waals surface area contributed by atoms with E-state index in [4.69, 9.17) is 4.74 Å². The Labute approximate surface area is 250 Å². The first kappa shape index (κ1) is 29.2. The number of nitrogens with one attached hydrogen (secondary N) is 2. The highest BCUT2D eigenvalue weighted by Crippen LogP contribution is 2.38. The third-order valence-corrected chi connectivity index (χ3v) is 9.40. The van der Waals surface area contributed by atoms with Gasteiger partial charge in [0.1, 0.15) is 11.1 Å². The second-order valence-electron chi connectivity index (χ2n) is 9.65. The molecular formula is C32H31N3O5S2. The molecule has 4 aromatic rings. The van der Waals surface area contributed by atoms with Crippen LogP contribution >= 0.6 is 11.8 Å². The summed E-state index contributed by atoms with van der Waals surface area (Å²) < 4.78 is 33.5. The third kappa shape index (κ3) is 7.13. The van der Waals surface area contributed by atoms with Gasteiger partial charge < -0.3 is 15.0 Å². The Kier molecular flexibility index (Phi) is 9.14. The first-order valence-electron chi connectivity index (χ1n) is 13.5. The average Bonchev–Trinajstić information content (AvgIpc) is 3.38. The third-order valence-electron chi connectivity index (χ3n) is 6.75. The van der Waals surface area contributed by atoms with Gasteiger partial charge in [-0.05, 0) is 85.1 Å². The van der Waals surface area contributed by atoms with Crippen LogP contribution in [0.4, 0.5) is 11.4 Å². The molecule has 1 atom stereocenters. The molecule has 0 bridgehead atoms. The summed E-state index contributed by atoms with van der Waals surface area (Å²) in [6.45, 7) is 3.03. The molecule has 1 saturated heterocycles. The van der Waals surface area contributed by atoms with Gasteiger partial charge in [0.2, 0.25) is 5.91 Å². The van der Waals surface area contributed by atoms with Crippen LogP contribution in [0.25, 0.3) is 0 Å². The minimum Gasteiger partial charge on any atom is -0.494 e. The maximum Gasteiger partial charge on any atom is 0.261 e. The minimum atomic E-state index is -3.81. The zero-order valence-electron chi connectivity index (χ0n) is 23.0. The van der Waals surface area contributed by atoms with Crippen LogP contribution in [-0.4, -0.2) is 44.0 Å². The summed E-state index contributed by atoms with van der Waals surface area (Å²) in [5, 5.41) is 2.72. The van der Waals surface area contributed by atoms with Gasteiger partial charge in [0, 0.05) is 23.5 Å². The van der Waals surface area contributed by atoms with Crippen LogP contribution in [0.1, 0.15) is 33.8 Å². The van der Waals surface area contributed by atoms with Crippen molar-refractivity contribution in [3.05, 3.63) is 120 Å². The number of thioether (sulfide) groups is 1. The van der Waals surface area contributed by atoms with Crippen LogP contribution in [-0.2, 0) is 21.2 Å². The van der Waals surface area contributed by atoms with Crippen molar-refractivity contribution in [2.24, 2.45) is 0 Å². The topological polar surface area (TPSA) is 105 Å². The monoisotopic (exact) mass is 601 g/mol. The molecule has 8 nitrogen and oxygen atoms in total. The number of benzene rings is 4. The second kappa shape index (κ2) is 13.1. The Morgan fingerprint density at radius 3 is 2.24 bits per heavy atom. The number of sulfonamides is 1. The van der Waals surface area contributed by atoms with Crippen LogP contribution in [0.3, 0.4) is 0 Å². The van der Waals surface area contributed by atoms with Crippen molar-refractivity contribution in [2.75, 3.05) is 28.9 Å². The van der Waals surface area contributed by atoms with E-state index in [1.54, 1.807) is 60.3 Å². The molecule has 216 valence electrons. The number of rotatable bonds is 11. The Balaban J connectivity index is 1.19. The SMILES string of the molecule is CCOc1ccc(NS(=O)(=O)c2ccc(NC(=O)c3ccc([C@H]4SCC(=O)N4CCc4ccccc4)cc3)cc2)cc1. The summed E-state index contributed by atoms with van der Waals surface area (Å²) in [5.41, 5.74) is 3.48. The molecule has 5 rings (SSSR count). The molecule has 0 aromatic heterocycles. The molecule has 0 unspecified atom stereocenters. The minimum absolute atomic E-state index is 0.0687. The summed E-state index contributed by atoms with van der Waals surface area (Å²) in [7, 11) is -3.81. The molecule has 1 fully saturated rings. The standard InChI is InChI=1S/C32H31N3O5S2/c1-2-40-28-16-12-27(13-17-28)34-42(38,39)29-18-14-26(15-19-29)33-31(37)24-8-10-25(11-9-24)32-35(30(36)22-41-32)21-20-23-6-4-3-5-7-23/h3-19,32,34H,2,20-22H2,1H3,(H,33,37)/t32-/m1/s1. The largest absolute Gasteiger partial charge is 0.494 e. The lowest BCUT2D eigenvalue weighted by molar-refractivity contribution is -0.128. The first-order chi connectivity index (χ1) is 20.3. The Morgan fingerprint density at radius 2 is 1.57 bits per heavy atom. The summed E-state index contributed by atoms with van der Waals surface area (Å²) in [6.07, 6.45) is 0.780. The lowest BCUT2D eigenvalue weighted by atomic mass is 10.1. The fourth-order valence-corrected chi connectivity index (χ4v) is 6.86. The highest BCUT2D eigenvalue weighted by atomic mass is 32.2. The van der Waals surface area contributed by atoms with Crippen molar-refractivity contribution in [3.63, 3.8) is 0 Å². The number of nitrogens with zero attached hydrogens (tertiary/aromatic N) is 1. The van der Waals surface area contributed by atoms with E-state index in [9.17, 15) is 18.0 Å². The maximum atomic E-state index is 12.9. The summed E-state index contributed by atoms with van der Waals surface area (Å²) in [6, 6.07) is 29.9. The van der Waals surface area contributed by atoms with Crippen molar-refractivity contribution in [1.82, 2.24) is 4.90 Å². The first-order valence-corrected chi connectivity index (χ1v) is 16.1. The molecule has 0 saturated carbocycles. The van der Waals surface area contributed by atoms with Crippen LogP contribution in [0.15, 0.2) is 108 Å². The van der Waals surface area contributed by atoms with Gasteiger partial charge in [-0.3, -0.25) is 14.3 Å². The van der Waals surface area contributed by atoms with Crippen LogP contribution in [0.2, 0.25) is 0 Å². The van der Waals surface area contributed by atoms with Gasteiger partial charge in [-0.1, -0.05) is 42.5 Å². The molecule has 0 radical (unpaired) electrons. The Morgan fingerprint density at radius 1 is 0.905 bits per heavy atom. The maximum absolute atomic E-state index is 12.9. The van der Waals surface area contributed by atoms with E-state index < -0.39 is 10.0 Å². The number of hydrogen-bond donors (Lipinski definition) is 2. The molecule has 4 aromatic carbocycles. The lowest BCUT2D eigenvalue weighted by Crippen LogP contribution is -2.30. The smallest absolute Gasteiger partial charge is 0.261 e. The van der Waals surface area contributed by atoms with Crippen molar-refractivity contribution in [1.29, 1.82) is 0 Å². The average molecular weight is 602 g/mol. The van der Waals surface area contributed by atoms with Crippen molar-refractivity contribution in [2.45, 2.75) is 23.6 Å². The van der Waals surface area contributed by atoms with Crippen molar-refractivity contribution < 1.29 is 22.7 Å². The molecular weight excluding hydrogens is 571 g/mol. The molecule has 1 aliphatic heterocycles. The van der Waals surface area contributed by atoms with Gasteiger partial charge in [0.25, 0.3) is 15.9 Å². The normalized spacial score (nSPS) is 14.9. The van der Waals surface area contributed by atoms with Gasteiger partial charge in [0.15, 0.2) is 0 Å². The number of amides is 2. The molecule has 0 aliphatic carbocycles. The van der Waals surface area contributed by atoms with Gasteiger partial charge >= 0.3 is 0 Å². The van der Waals surface area contributed by atoms with Crippen LogP contribution in [0, 0.1) is 0 Å². The second-order valence-corrected chi connectivity index (χ2v) is 12.4. The van der Waals surface area contributed by atoms with E-state index in [2.05, 4.69) is 22.2 Å². The summed E-state index contributed by atoms with van der Waals surface area (Å²) >= 11 is 1.59. The van der Waals surface area contributed by atoms with Gasteiger partial charge in [0.05, 0.1) is 17.3 Å². The molecule has 1 heterocycles. The van der Waals surface area contributed by atoms with Crippen LogP contribution in [0.5, 0.6) is 5.75 Å². The zero-order chi connectivity index (χ0) is 29.5. The number of ether oxygens (including phenoxy) is 1. The van der Waals surface area contributed by atoms with Crippen LogP contribution < -0.4 is 14.8 Å². The highest BCUT2D eigenvalue weighted by molar-refractivity contribution is 8.00. The van der Waals surface area contributed by atoms with E-state index >= 15 is 0 Å².